The van der Waals surface area contributed by atoms with Crippen molar-refractivity contribution < 1.29 is 54.9 Å². The Morgan fingerprint density at radius 1 is 0.885 bits per heavy atom. The van der Waals surface area contributed by atoms with Gasteiger partial charge >= 0.3 is 30.0 Å². The number of carbonyl (C=O) groups is 2. The summed E-state index contributed by atoms with van der Waals surface area (Å²) in [6, 6.07) is 0. The van der Waals surface area contributed by atoms with Crippen LogP contribution in [0.25, 0.3) is 0 Å². The molecule has 2 N–H and O–H groups in total. The lowest BCUT2D eigenvalue weighted by atomic mass is 10.0. The quantitative estimate of drug-likeness (QED) is 0.509. The molecule has 0 aromatic heterocycles. The maximum absolute atomic E-state index is 12.2. The van der Waals surface area contributed by atoms with Crippen molar-refractivity contribution in [3.8, 4) is 0 Å². The normalized spacial score (nSPS) is 12.6. The van der Waals surface area contributed by atoms with E-state index in [1.807, 2.05) is 0 Å². The summed E-state index contributed by atoms with van der Waals surface area (Å²) in [5.41, 5.74) is 0.352. The van der Waals surface area contributed by atoms with Crippen LogP contribution in [-0.2, 0) is 9.59 Å². The van der Waals surface area contributed by atoms with Crippen LogP contribution >= 0.6 is 0 Å². The predicted molar refractivity (Wildman–Crippen MR) is 76.0 cm³/mol. The summed E-state index contributed by atoms with van der Waals surface area (Å²) in [6.45, 7) is 9.94. The molecule has 0 amide bonds. The van der Waals surface area contributed by atoms with E-state index in [1.165, 1.54) is 13.8 Å². The lowest BCUT2D eigenvalue weighted by Crippen LogP contribution is -2.56. The molecule has 0 aliphatic rings. The van der Waals surface area contributed by atoms with Crippen LogP contribution < -0.4 is 0 Å². The van der Waals surface area contributed by atoms with Crippen LogP contribution in [0.1, 0.15) is 27.2 Å². The van der Waals surface area contributed by atoms with Gasteiger partial charge in [0.25, 0.3) is 0 Å². The molecule has 0 fully saturated rings. The number of carboxylic acids is 2. The fourth-order valence-corrected chi connectivity index (χ4v) is 0.642. The average Bonchev–Trinajstić information content (AvgIpc) is 2.45. The monoisotopic (exact) mass is 402 g/mol. The molecule has 0 radical (unpaired) electrons. The van der Waals surface area contributed by atoms with E-state index in [0.29, 0.717) is 0 Å². The molecular weight excluding hydrogens is 384 g/mol. The van der Waals surface area contributed by atoms with Crippen LogP contribution in [0.2, 0.25) is 0 Å². The first-order valence-electron chi connectivity index (χ1n) is 6.51. The molecule has 0 bridgehead atoms. The molecule has 0 rings (SSSR count). The van der Waals surface area contributed by atoms with Gasteiger partial charge in [-0.1, -0.05) is 20.1 Å². The van der Waals surface area contributed by atoms with Crippen molar-refractivity contribution in [3.05, 3.63) is 24.3 Å². The highest BCUT2D eigenvalue weighted by atomic mass is 19.4. The van der Waals surface area contributed by atoms with Crippen LogP contribution in [-0.4, -0.2) is 46.3 Å². The number of halogens is 8. The standard InChI is InChI=1S/C6H6F8.2C4H6O2/c1-2-3(7)4(8,9)5(10,11)6(12,13)14;2*1-3(2)4(5)6/h3H,2H2,1H3;2*1H2,2H3,(H,5,6). The Kier molecular flexibility index (Phi) is 11.9. The lowest BCUT2D eigenvalue weighted by Gasteiger charge is -2.29. The second kappa shape index (κ2) is 10.8. The van der Waals surface area contributed by atoms with Gasteiger partial charge in [0, 0.05) is 11.1 Å². The van der Waals surface area contributed by atoms with E-state index in [-0.39, 0.29) is 11.1 Å². The van der Waals surface area contributed by atoms with Crippen LogP contribution in [0.4, 0.5) is 35.1 Å². The number of aliphatic carboxylic acids is 2. The molecule has 1 atom stereocenters. The summed E-state index contributed by atoms with van der Waals surface area (Å²) < 4.78 is 95.0. The van der Waals surface area contributed by atoms with Gasteiger partial charge < -0.3 is 10.2 Å². The molecule has 0 aliphatic heterocycles. The largest absolute Gasteiger partial charge is 0.478 e. The van der Waals surface area contributed by atoms with Crippen molar-refractivity contribution >= 4 is 11.9 Å². The fourth-order valence-electron chi connectivity index (χ4n) is 0.642. The molecular formula is C14H18F8O4. The number of hydrogen-bond donors (Lipinski definition) is 2. The van der Waals surface area contributed by atoms with Gasteiger partial charge in [-0.25, -0.2) is 14.0 Å². The molecule has 0 aliphatic carbocycles. The molecule has 0 saturated carbocycles. The van der Waals surface area contributed by atoms with Gasteiger partial charge in [-0.3, -0.25) is 0 Å². The summed E-state index contributed by atoms with van der Waals surface area (Å²) in [5, 5.41) is 15.8. The second-order valence-electron chi connectivity index (χ2n) is 4.74. The van der Waals surface area contributed by atoms with Gasteiger partial charge in [0.1, 0.15) is 0 Å². The van der Waals surface area contributed by atoms with E-state index in [9.17, 15) is 44.7 Å². The summed E-state index contributed by atoms with van der Waals surface area (Å²) in [4.78, 5) is 19.2. The molecule has 1 unspecified atom stereocenters. The molecule has 0 aromatic rings. The Balaban J connectivity index is -0.000000364. The maximum Gasteiger partial charge on any atom is 0.459 e. The Bertz CT molecular complexity index is 464. The van der Waals surface area contributed by atoms with Crippen molar-refractivity contribution in [2.45, 2.75) is 51.4 Å². The number of rotatable bonds is 5. The van der Waals surface area contributed by atoms with E-state index in [4.69, 9.17) is 10.2 Å². The minimum absolute atomic E-state index is 0.176. The molecule has 4 nitrogen and oxygen atoms in total. The summed E-state index contributed by atoms with van der Waals surface area (Å²) in [7, 11) is 0. The van der Waals surface area contributed by atoms with Crippen molar-refractivity contribution in [2.75, 3.05) is 0 Å². The predicted octanol–water partition coefficient (Wildman–Crippen LogP) is 4.86. The second-order valence-corrected chi connectivity index (χ2v) is 4.74. The highest BCUT2D eigenvalue weighted by Crippen LogP contribution is 2.49. The Hall–Kier alpha value is -2.14. The first kappa shape index (κ1) is 28.7. The first-order valence-corrected chi connectivity index (χ1v) is 6.51. The van der Waals surface area contributed by atoms with Gasteiger partial charge in [-0.05, 0) is 20.3 Å². The number of hydrogen-bond acceptors (Lipinski definition) is 2. The van der Waals surface area contributed by atoms with Crippen molar-refractivity contribution in [1.29, 1.82) is 0 Å². The van der Waals surface area contributed by atoms with Gasteiger partial charge in [-0.15, -0.1) is 0 Å². The highest BCUT2D eigenvalue weighted by Gasteiger charge is 2.75. The van der Waals surface area contributed by atoms with Gasteiger partial charge in [0.05, 0.1) is 0 Å². The number of alkyl halides is 8. The minimum Gasteiger partial charge on any atom is -0.478 e. The van der Waals surface area contributed by atoms with E-state index >= 15 is 0 Å². The first-order chi connectivity index (χ1) is 11.3. The maximum atomic E-state index is 12.2. The van der Waals surface area contributed by atoms with Crippen LogP contribution in [0.5, 0.6) is 0 Å². The smallest absolute Gasteiger partial charge is 0.459 e. The van der Waals surface area contributed by atoms with E-state index < -0.39 is 42.6 Å². The summed E-state index contributed by atoms with van der Waals surface area (Å²) in [5.74, 6) is -14.0. The zero-order valence-electron chi connectivity index (χ0n) is 13.9. The van der Waals surface area contributed by atoms with Crippen molar-refractivity contribution in [1.82, 2.24) is 0 Å². The minimum atomic E-state index is -6.46. The van der Waals surface area contributed by atoms with Crippen LogP contribution in [0, 0.1) is 0 Å². The van der Waals surface area contributed by atoms with Gasteiger partial charge in [-0.2, -0.15) is 30.7 Å². The third-order valence-electron chi connectivity index (χ3n) is 2.26. The molecule has 12 heteroatoms. The molecule has 0 spiro atoms. The average molecular weight is 402 g/mol. The zero-order valence-corrected chi connectivity index (χ0v) is 13.9. The van der Waals surface area contributed by atoms with E-state index in [2.05, 4.69) is 13.2 Å². The van der Waals surface area contributed by atoms with Crippen LogP contribution in [0.15, 0.2) is 24.3 Å². The topological polar surface area (TPSA) is 74.6 Å². The molecule has 154 valence electrons. The fraction of sp³-hybridized carbons (Fsp3) is 0.571. The Morgan fingerprint density at radius 3 is 1.23 bits per heavy atom. The molecule has 0 aromatic carbocycles. The third-order valence-corrected chi connectivity index (χ3v) is 2.26. The molecule has 0 saturated heterocycles. The lowest BCUT2D eigenvalue weighted by molar-refractivity contribution is -0.365. The Morgan fingerprint density at radius 2 is 1.12 bits per heavy atom. The molecule has 26 heavy (non-hydrogen) atoms. The van der Waals surface area contributed by atoms with Crippen LogP contribution in [0.3, 0.4) is 0 Å². The van der Waals surface area contributed by atoms with Gasteiger partial charge in [0.2, 0.25) is 0 Å². The third kappa shape index (κ3) is 9.37. The summed E-state index contributed by atoms with van der Waals surface area (Å²) >= 11 is 0. The number of carboxylic acid groups (broad SMARTS) is 2. The SMILES string of the molecule is C=C(C)C(=O)O.C=C(C)C(=O)O.CCC(F)C(F)(F)C(F)(F)C(F)(F)F. The zero-order chi connectivity index (χ0) is 22.1. The molecule has 0 heterocycles. The van der Waals surface area contributed by atoms with Crippen molar-refractivity contribution in [3.63, 3.8) is 0 Å². The van der Waals surface area contributed by atoms with Gasteiger partial charge in [0.15, 0.2) is 6.17 Å². The summed E-state index contributed by atoms with van der Waals surface area (Å²) in [6.07, 6.45) is -11.1. The van der Waals surface area contributed by atoms with Crippen molar-refractivity contribution in [2.24, 2.45) is 0 Å². The highest BCUT2D eigenvalue weighted by molar-refractivity contribution is 5.85. The van der Waals surface area contributed by atoms with E-state index in [1.54, 1.807) is 0 Å². The Labute approximate surface area is 143 Å². The van der Waals surface area contributed by atoms with E-state index in [0.717, 1.165) is 6.92 Å².